The van der Waals surface area contributed by atoms with Gasteiger partial charge in [0.05, 0.1) is 17.1 Å². The van der Waals surface area contributed by atoms with Crippen LogP contribution in [0.4, 0.5) is 11.5 Å². The molecule has 3 aliphatic rings. The first-order valence-corrected chi connectivity index (χ1v) is 13.1. The molecule has 1 atom stereocenters. The third kappa shape index (κ3) is 5.40. The summed E-state index contributed by atoms with van der Waals surface area (Å²) < 4.78 is 0. The number of anilines is 2. The minimum Gasteiger partial charge on any atom is -0.399 e. The minimum absolute atomic E-state index is 0.0571. The monoisotopic (exact) mass is 456 g/mol. The summed E-state index contributed by atoms with van der Waals surface area (Å²) >= 11 is 0. The molecule has 0 saturated heterocycles. The molecule has 1 amide bonds. The lowest BCUT2D eigenvalue weighted by Gasteiger charge is -2.22. The SMILES string of the molecule is Nc1ccc2c(c1)CCc1nc(NC(=O)CCCC3C=CC=CCC3)c(CC3CCCC3)nc1-2. The zero-order valence-electron chi connectivity index (χ0n) is 20.1. The van der Waals surface area contributed by atoms with Crippen molar-refractivity contribution in [2.75, 3.05) is 11.1 Å². The van der Waals surface area contributed by atoms with Crippen LogP contribution in [-0.4, -0.2) is 15.9 Å². The summed E-state index contributed by atoms with van der Waals surface area (Å²) in [6.45, 7) is 0. The Kier molecular flexibility index (Phi) is 7.08. The predicted octanol–water partition coefficient (Wildman–Crippen LogP) is 6.19. The average Bonchev–Trinajstić information content (AvgIpc) is 3.20. The van der Waals surface area contributed by atoms with E-state index in [9.17, 15) is 4.79 Å². The number of aromatic nitrogens is 2. The number of rotatable bonds is 7. The van der Waals surface area contributed by atoms with Crippen molar-refractivity contribution in [3.63, 3.8) is 0 Å². The van der Waals surface area contributed by atoms with E-state index in [2.05, 4.69) is 41.8 Å². The quantitative estimate of drug-likeness (QED) is 0.487. The highest BCUT2D eigenvalue weighted by molar-refractivity contribution is 5.90. The lowest BCUT2D eigenvalue weighted by atomic mass is 9.91. The first-order valence-electron chi connectivity index (χ1n) is 13.1. The molecule has 5 heteroatoms. The molecule has 0 spiro atoms. The fourth-order valence-corrected chi connectivity index (χ4v) is 5.69. The number of fused-ring (bicyclic) bond motifs is 3. The van der Waals surface area contributed by atoms with Crippen molar-refractivity contribution in [2.24, 2.45) is 11.8 Å². The molecular weight excluding hydrogens is 420 g/mol. The average molecular weight is 457 g/mol. The normalized spacial score (nSPS) is 19.5. The topological polar surface area (TPSA) is 80.9 Å². The van der Waals surface area contributed by atoms with Crippen LogP contribution >= 0.6 is 0 Å². The fraction of sp³-hybridized carbons (Fsp3) is 0.483. The summed E-state index contributed by atoms with van der Waals surface area (Å²) in [5, 5.41) is 3.15. The standard InChI is InChI=1S/C29H36N4O/c30-23-15-16-24-22(19-23)14-17-25-28(24)31-26(18-21-10-5-6-11-21)29(32-25)33-27(34)13-7-12-20-8-3-1-2-4-9-20/h1-3,8,15-16,19-21H,4-7,9-14,17-18,30H2,(H,32,33,34). The third-order valence-corrected chi connectivity index (χ3v) is 7.58. The predicted molar refractivity (Wildman–Crippen MR) is 138 cm³/mol. The number of hydrogen-bond donors (Lipinski definition) is 2. The van der Waals surface area contributed by atoms with Crippen LogP contribution in [0.3, 0.4) is 0 Å². The number of carbonyl (C=O) groups excluding carboxylic acids is 1. The van der Waals surface area contributed by atoms with E-state index < -0.39 is 0 Å². The summed E-state index contributed by atoms with van der Waals surface area (Å²) in [5.41, 5.74) is 12.1. The second-order valence-corrected chi connectivity index (χ2v) is 10.2. The van der Waals surface area contributed by atoms with Gasteiger partial charge in [-0.05, 0) is 74.5 Å². The van der Waals surface area contributed by atoms with E-state index in [0.717, 1.165) is 66.9 Å². The second-order valence-electron chi connectivity index (χ2n) is 10.2. The van der Waals surface area contributed by atoms with Crippen molar-refractivity contribution < 1.29 is 4.79 Å². The van der Waals surface area contributed by atoms with E-state index in [4.69, 9.17) is 15.7 Å². The van der Waals surface area contributed by atoms with E-state index in [1.54, 1.807) is 0 Å². The molecule has 5 rings (SSSR count). The number of nitrogen functional groups attached to an aromatic ring is 1. The Morgan fingerprint density at radius 2 is 1.97 bits per heavy atom. The highest BCUT2D eigenvalue weighted by Crippen LogP contribution is 2.36. The molecule has 3 N–H and O–H groups in total. The number of aryl methyl sites for hydroxylation is 2. The molecule has 1 aromatic carbocycles. The second kappa shape index (κ2) is 10.5. The first-order chi connectivity index (χ1) is 16.7. The van der Waals surface area contributed by atoms with Crippen LogP contribution in [0.5, 0.6) is 0 Å². The van der Waals surface area contributed by atoms with Gasteiger partial charge in [-0.3, -0.25) is 4.79 Å². The molecule has 1 aromatic heterocycles. The Hall–Kier alpha value is -2.95. The molecule has 1 saturated carbocycles. The van der Waals surface area contributed by atoms with Crippen LogP contribution in [0.15, 0.2) is 42.5 Å². The van der Waals surface area contributed by atoms with E-state index in [1.165, 1.54) is 37.7 Å². The maximum absolute atomic E-state index is 12.9. The molecule has 34 heavy (non-hydrogen) atoms. The number of nitrogens with zero attached hydrogens (tertiary/aromatic N) is 2. The minimum atomic E-state index is 0.0571. The van der Waals surface area contributed by atoms with Crippen LogP contribution < -0.4 is 11.1 Å². The Labute approximate surface area is 203 Å². The Balaban J connectivity index is 1.32. The van der Waals surface area contributed by atoms with Gasteiger partial charge in [0.2, 0.25) is 5.91 Å². The lowest BCUT2D eigenvalue weighted by Crippen LogP contribution is -2.19. The molecule has 1 fully saturated rings. The van der Waals surface area contributed by atoms with Crippen molar-refractivity contribution in [1.29, 1.82) is 0 Å². The van der Waals surface area contributed by atoms with Gasteiger partial charge in [0.15, 0.2) is 5.82 Å². The highest BCUT2D eigenvalue weighted by Gasteiger charge is 2.25. The first kappa shape index (κ1) is 22.8. The number of allylic oxidation sites excluding steroid dienone is 4. The smallest absolute Gasteiger partial charge is 0.225 e. The summed E-state index contributed by atoms with van der Waals surface area (Å²) in [4.78, 5) is 23.0. The van der Waals surface area contributed by atoms with Gasteiger partial charge in [-0.1, -0.05) is 56.1 Å². The van der Waals surface area contributed by atoms with Gasteiger partial charge in [0.1, 0.15) is 0 Å². The Morgan fingerprint density at radius 3 is 2.85 bits per heavy atom. The molecule has 1 heterocycles. The van der Waals surface area contributed by atoms with Crippen molar-refractivity contribution >= 4 is 17.4 Å². The van der Waals surface area contributed by atoms with Crippen molar-refractivity contribution in [3.8, 4) is 11.3 Å². The number of hydrogen-bond acceptors (Lipinski definition) is 4. The van der Waals surface area contributed by atoms with E-state index in [-0.39, 0.29) is 5.91 Å². The van der Waals surface area contributed by atoms with Gasteiger partial charge in [0.25, 0.3) is 0 Å². The maximum atomic E-state index is 12.9. The number of carbonyl (C=O) groups is 1. The molecule has 2 aromatic rings. The Bertz CT molecular complexity index is 1100. The molecule has 0 radical (unpaired) electrons. The molecule has 0 aliphatic heterocycles. The summed E-state index contributed by atoms with van der Waals surface area (Å²) in [5.74, 6) is 1.95. The summed E-state index contributed by atoms with van der Waals surface area (Å²) in [7, 11) is 0. The number of nitrogens with one attached hydrogen (secondary N) is 1. The van der Waals surface area contributed by atoms with E-state index in [0.29, 0.717) is 24.1 Å². The molecule has 3 aliphatic carbocycles. The van der Waals surface area contributed by atoms with Crippen LogP contribution in [0.2, 0.25) is 0 Å². The maximum Gasteiger partial charge on any atom is 0.225 e. The Morgan fingerprint density at radius 1 is 1.09 bits per heavy atom. The number of nitrogens with two attached hydrogens (primary N) is 1. The van der Waals surface area contributed by atoms with E-state index in [1.807, 2.05) is 6.07 Å². The van der Waals surface area contributed by atoms with Crippen molar-refractivity contribution in [2.45, 2.75) is 77.0 Å². The van der Waals surface area contributed by atoms with Gasteiger partial charge in [-0.2, -0.15) is 0 Å². The lowest BCUT2D eigenvalue weighted by molar-refractivity contribution is -0.116. The van der Waals surface area contributed by atoms with Crippen LogP contribution in [0.1, 0.15) is 74.7 Å². The number of amides is 1. The molecule has 1 unspecified atom stereocenters. The van der Waals surface area contributed by atoms with Crippen LogP contribution in [-0.2, 0) is 24.1 Å². The highest BCUT2D eigenvalue weighted by atomic mass is 16.1. The van der Waals surface area contributed by atoms with Crippen LogP contribution in [0.25, 0.3) is 11.3 Å². The largest absolute Gasteiger partial charge is 0.399 e. The zero-order chi connectivity index (χ0) is 23.3. The fourth-order valence-electron chi connectivity index (χ4n) is 5.69. The van der Waals surface area contributed by atoms with Gasteiger partial charge < -0.3 is 11.1 Å². The van der Waals surface area contributed by atoms with Crippen LogP contribution in [0, 0.1) is 11.8 Å². The van der Waals surface area contributed by atoms with Gasteiger partial charge in [-0.15, -0.1) is 0 Å². The molecular formula is C29H36N4O. The van der Waals surface area contributed by atoms with Crippen molar-refractivity contribution in [1.82, 2.24) is 9.97 Å². The third-order valence-electron chi connectivity index (χ3n) is 7.58. The number of benzene rings is 1. The molecule has 0 bridgehead atoms. The zero-order valence-corrected chi connectivity index (χ0v) is 20.1. The summed E-state index contributed by atoms with van der Waals surface area (Å²) in [6.07, 6.45) is 21.2. The van der Waals surface area contributed by atoms with Gasteiger partial charge in [0, 0.05) is 17.7 Å². The van der Waals surface area contributed by atoms with E-state index >= 15 is 0 Å². The molecule has 5 nitrogen and oxygen atoms in total. The summed E-state index contributed by atoms with van der Waals surface area (Å²) in [6, 6.07) is 6.08. The van der Waals surface area contributed by atoms with Crippen molar-refractivity contribution in [3.05, 3.63) is 59.5 Å². The molecule has 178 valence electrons. The van der Waals surface area contributed by atoms with Gasteiger partial charge >= 0.3 is 0 Å². The van der Waals surface area contributed by atoms with Gasteiger partial charge in [-0.25, -0.2) is 9.97 Å².